The number of amides is 1. The molecule has 0 radical (unpaired) electrons. The van der Waals surface area contributed by atoms with Crippen LogP contribution in [0.15, 0.2) is 0 Å². The van der Waals surface area contributed by atoms with Crippen molar-refractivity contribution >= 4 is 11.7 Å². The van der Waals surface area contributed by atoms with Crippen LogP contribution in [-0.4, -0.2) is 28.9 Å². The summed E-state index contributed by atoms with van der Waals surface area (Å²) in [5.74, 6) is 4.29. The molecular formula is C35H61NO3. The Hall–Kier alpha value is -0.900. The predicted octanol–water partition coefficient (Wildman–Crippen LogP) is 8.39. The Morgan fingerprint density at radius 2 is 1.62 bits per heavy atom. The molecule has 4 fully saturated rings. The van der Waals surface area contributed by atoms with Gasteiger partial charge in [-0.1, -0.05) is 78.6 Å². The first-order valence-electron chi connectivity index (χ1n) is 17.2. The maximum Gasteiger partial charge on any atom is 0.220 e. The Kier molecular flexibility index (Phi) is 11.0. The van der Waals surface area contributed by atoms with Gasteiger partial charge in [0.25, 0.3) is 0 Å². The van der Waals surface area contributed by atoms with Crippen LogP contribution >= 0.6 is 0 Å². The average Bonchev–Trinajstić information content (AvgIpc) is 3.20. The van der Waals surface area contributed by atoms with Crippen molar-refractivity contribution < 1.29 is 14.7 Å². The number of hydrogen-bond donors (Lipinski definition) is 2. The quantitative estimate of drug-likeness (QED) is 0.216. The van der Waals surface area contributed by atoms with Gasteiger partial charge in [-0.25, -0.2) is 0 Å². The zero-order valence-corrected chi connectivity index (χ0v) is 25.9. The van der Waals surface area contributed by atoms with E-state index in [4.69, 9.17) is 0 Å². The van der Waals surface area contributed by atoms with Gasteiger partial charge in [-0.05, 0) is 98.7 Å². The first-order valence-corrected chi connectivity index (χ1v) is 17.2. The van der Waals surface area contributed by atoms with Gasteiger partial charge in [-0.3, -0.25) is 9.59 Å². The lowest BCUT2D eigenvalue weighted by Gasteiger charge is -2.62. The second kappa shape index (κ2) is 13.8. The zero-order valence-electron chi connectivity index (χ0n) is 25.9. The minimum Gasteiger partial charge on any atom is -0.393 e. The van der Waals surface area contributed by atoms with Crippen molar-refractivity contribution in [3.05, 3.63) is 0 Å². The molecule has 0 aromatic carbocycles. The zero-order chi connectivity index (χ0) is 28.0. The van der Waals surface area contributed by atoms with Gasteiger partial charge in [0.15, 0.2) is 0 Å². The second-order valence-corrected chi connectivity index (χ2v) is 15.0. The summed E-state index contributed by atoms with van der Waals surface area (Å²) in [4.78, 5) is 24.5. The molecule has 1 unspecified atom stereocenters. The Bertz CT molecular complexity index is 812. The van der Waals surface area contributed by atoms with E-state index in [2.05, 4.69) is 33.0 Å². The maximum absolute atomic E-state index is 12.5. The van der Waals surface area contributed by atoms with E-state index in [9.17, 15) is 14.7 Å². The smallest absolute Gasteiger partial charge is 0.220 e. The van der Waals surface area contributed by atoms with Crippen LogP contribution in [0.5, 0.6) is 0 Å². The highest BCUT2D eigenvalue weighted by molar-refractivity contribution is 5.79. The maximum atomic E-state index is 12.5. The van der Waals surface area contributed by atoms with E-state index in [1.54, 1.807) is 0 Å². The molecule has 0 spiro atoms. The number of carbonyl (C=O) groups excluding carboxylic acids is 2. The number of aliphatic hydroxyl groups excluding tert-OH is 1. The van der Waals surface area contributed by atoms with E-state index in [1.807, 2.05) is 0 Å². The van der Waals surface area contributed by atoms with E-state index in [0.717, 1.165) is 62.7 Å². The van der Waals surface area contributed by atoms with Crippen LogP contribution in [0.3, 0.4) is 0 Å². The van der Waals surface area contributed by atoms with Crippen molar-refractivity contribution in [1.82, 2.24) is 5.32 Å². The lowest BCUT2D eigenvalue weighted by atomic mass is 9.42. The Labute approximate surface area is 240 Å². The molecule has 4 saturated carbocycles. The van der Waals surface area contributed by atoms with Crippen molar-refractivity contribution in [3.63, 3.8) is 0 Å². The highest BCUT2D eigenvalue weighted by Crippen LogP contribution is 2.67. The molecule has 0 bridgehead atoms. The molecule has 4 rings (SSSR count). The summed E-state index contributed by atoms with van der Waals surface area (Å²) in [6, 6.07) is 0.309. The summed E-state index contributed by atoms with van der Waals surface area (Å²) < 4.78 is 0. The molecule has 4 nitrogen and oxygen atoms in total. The van der Waals surface area contributed by atoms with E-state index < -0.39 is 0 Å². The van der Waals surface area contributed by atoms with Gasteiger partial charge in [-0.2, -0.15) is 0 Å². The highest BCUT2D eigenvalue weighted by Gasteiger charge is 2.62. The molecule has 224 valence electrons. The number of unbranched alkanes of at least 4 members (excludes halogenated alkanes) is 7. The topological polar surface area (TPSA) is 66.4 Å². The molecule has 2 N–H and O–H groups in total. The predicted molar refractivity (Wildman–Crippen MR) is 160 cm³/mol. The minimum absolute atomic E-state index is 0.110. The van der Waals surface area contributed by atoms with Gasteiger partial charge in [-0.15, -0.1) is 0 Å². The van der Waals surface area contributed by atoms with E-state index in [-0.39, 0.29) is 17.4 Å². The van der Waals surface area contributed by atoms with E-state index >= 15 is 0 Å². The van der Waals surface area contributed by atoms with Crippen molar-refractivity contribution in [2.45, 2.75) is 168 Å². The standard InChI is InChI=1S/C35H61NO3/c1-5-14-25(2)36-32(39)16-13-11-9-7-6-8-10-12-15-26-23-27-24-28(37)19-21-34(27,3)30-20-22-35(4)29(33(26)30)17-18-31(35)38/h25-27,29-31,33,38H,5-24H2,1-4H3,(H,36,39)/t25?,26-,27+,29+,30+,31+,33+,34+,35+/m1/s1. The molecule has 0 aromatic heterocycles. The largest absolute Gasteiger partial charge is 0.393 e. The molecule has 0 aromatic rings. The summed E-state index contributed by atoms with van der Waals surface area (Å²) in [6.45, 7) is 9.22. The lowest BCUT2D eigenvalue weighted by molar-refractivity contribution is -0.156. The molecule has 0 heterocycles. The van der Waals surface area contributed by atoms with Gasteiger partial charge in [0.2, 0.25) is 5.91 Å². The number of rotatable bonds is 14. The van der Waals surface area contributed by atoms with Crippen molar-refractivity contribution in [2.75, 3.05) is 0 Å². The molecule has 4 heteroatoms. The molecule has 0 aliphatic heterocycles. The van der Waals surface area contributed by atoms with Crippen LogP contribution in [0.2, 0.25) is 0 Å². The van der Waals surface area contributed by atoms with Crippen molar-refractivity contribution in [1.29, 1.82) is 0 Å². The third kappa shape index (κ3) is 7.12. The molecule has 4 aliphatic carbocycles. The number of fused-ring (bicyclic) bond motifs is 5. The van der Waals surface area contributed by atoms with Crippen LogP contribution < -0.4 is 5.32 Å². The Morgan fingerprint density at radius 1 is 0.949 bits per heavy atom. The van der Waals surface area contributed by atoms with E-state index in [1.165, 1.54) is 77.0 Å². The SMILES string of the molecule is CCCC(C)NC(=O)CCCCCCCCCC[C@@H]1C[C@H]2CC(=O)CC[C@]2(C)[C@H]2CC[C@]3(C)[C@@H](O)CC[C@H]3[C@H]12. The van der Waals surface area contributed by atoms with Gasteiger partial charge in [0.05, 0.1) is 6.10 Å². The van der Waals surface area contributed by atoms with Crippen LogP contribution in [-0.2, 0) is 9.59 Å². The normalized spacial score (nSPS) is 38.5. The van der Waals surface area contributed by atoms with Crippen LogP contribution in [0.4, 0.5) is 0 Å². The fourth-order valence-electron chi connectivity index (χ4n) is 10.1. The average molecular weight is 544 g/mol. The molecule has 4 aliphatic rings. The van der Waals surface area contributed by atoms with Crippen LogP contribution in [0.1, 0.15) is 156 Å². The third-order valence-corrected chi connectivity index (χ3v) is 12.5. The summed E-state index contributed by atoms with van der Waals surface area (Å²) in [5, 5.41) is 14.1. The summed E-state index contributed by atoms with van der Waals surface area (Å²) in [6.07, 6.45) is 22.8. The second-order valence-electron chi connectivity index (χ2n) is 15.0. The lowest BCUT2D eigenvalue weighted by Crippen LogP contribution is -2.57. The first-order chi connectivity index (χ1) is 18.7. The van der Waals surface area contributed by atoms with E-state index in [0.29, 0.717) is 35.5 Å². The molecule has 0 saturated heterocycles. The molecule has 1 amide bonds. The van der Waals surface area contributed by atoms with Crippen molar-refractivity contribution in [2.24, 2.45) is 40.4 Å². The fourth-order valence-corrected chi connectivity index (χ4v) is 10.1. The number of nitrogens with one attached hydrogen (secondary N) is 1. The molecule has 9 atom stereocenters. The molecule has 39 heavy (non-hydrogen) atoms. The Morgan fingerprint density at radius 3 is 2.33 bits per heavy atom. The fraction of sp³-hybridized carbons (Fsp3) is 0.943. The highest BCUT2D eigenvalue weighted by atomic mass is 16.3. The number of Topliss-reactive ketones (excluding diaryl/α,β-unsaturated/α-hetero) is 1. The monoisotopic (exact) mass is 543 g/mol. The number of ketones is 1. The number of aliphatic hydroxyl groups is 1. The molecular weight excluding hydrogens is 482 g/mol. The van der Waals surface area contributed by atoms with Crippen LogP contribution in [0.25, 0.3) is 0 Å². The van der Waals surface area contributed by atoms with Gasteiger partial charge in [0.1, 0.15) is 5.78 Å². The number of carbonyl (C=O) groups is 2. The first kappa shape index (κ1) is 31.0. The van der Waals surface area contributed by atoms with Gasteiger partial charge >= 0.3 is 0 Å². The van der Waals surface area contributed by atoms with Gasteiger partial charge in [0, 0.05) is 25.3 Å². The summed E-state index contributed by atoms with van der Waals surface area (Å²) >= 11 is 0. The van der Waals surface area contributed by atoms with Crippen LogP contribution in [0, 0.1) is 40.4 Å². The Balaban J connectivity index is 1.19. The summed E-state index contributed by atoms with van der Waals surface area (Å²) in [5.41, 5.74) is 0.472. The number of hydrogen-bond acceptors (Lipinski definition) is 3. The van der Waals surface area contributed by atoms with Crippen molar-refractivity contribution in [3.8, 4) is 0 Å². The van der Waals surface area contributed by atoms with Gasteiger partial charge < -0.3 is 10.4 Å². The minimum atomic E-state index is -0.110. The summed E-state index contributed by atoms with van der Waals surface area (Å²) in [7, 11) is 0. The third-order valence-electron chi connectivity index (χ3n) is 12.5.